The number of anilines is 1. The molecule has 1 amide bonds. The van der Waals surface area contributed by atoms with Crippen molar-refractivity contribution in [3.8, 4) is 0 Å². The summed E-state index contributed by atoms with van der Waals surface area (Å²) in [5.74, 6) is 2.61. The summed E-state index contributed by atoms with van der Waals surface area (Å²) in [7, 11) is 0. The van der Waals surface area contributed by atoms with Crippen molar-refractivity contribution in [3.05, 3.63) is 28.5 Å². The summed E-state index contributed by atoms with van der Waals surface area (Å²) in [6.45, 7) is 0. The van der Waals surface area contributed by atoms with Gasteiger partial charge in [0.1, 0.15) is 5.82 Å². The Balaban J connectivity index is 1.36. The van der Waals surface area contributed by atoms with Crippen molar-refractivity contribution < 1.29 is 9.18 Å². The van der Waals surface area contributed by atoms with Crippen molar-refractivity contribution in [1.82, 2.24) is 0 Å². The number of hydrogen-bond acceptors (Lipinski definition) is 2. The number of amides is 1. The van der Waals surface area contributed by atoms with Crippen LogP contribution in [0.2, 0.25) is 0 Å². The molecule has 124 valence electrons. The number of hydrogen-bond donors (Lipinski definition) is 1. The molecule has 1 aromatic carbocycles. The predicted molar refractivity (Wildman–Crippen MR) is 96.1 cm³/mol. The van der Waals surface area contributed by atoms with Gasteiger partial charge in [0.05, 0.1) is 11.4 Å². The number of halogens is 2. The van der Waals surface area contributed by atoms with E-state index in [1.807, 2.05) is 11.8 Å². The Morgan fingerprint density at radius 1 is 1.22 bits per heavy atom. The summed E-state index contributed by atoms with van der Waals surface area (Å²) in [6, 6.07) is 4.72. The van der Waals surface area contributed by atoms with Crippen LogP contribution < -0.4 is 5.32 Å². The van der Waals surface area contributed by atoms with Gasteiger partial charge in [-0.1, -0.05) is 15.9 Å². The fraction of sp³-hybridized carbons (Fsp3) is 0.611. The van der Waals surface area contributed by atoms with Crippen LogP contribution >= 0.6 is 27.7 Å². The minimum atomic E-state index is -0.396. The van der Waals surface area contributed by atoms with Gasteiger partial charge in [-0.2, -0.15) is 0 Å². The number of rotatable bonds is 4. The molecule has 4 aliphatic rings. The van der Waals surface area contributed by atoms with Gasteiger partial charge in [-0.3, -0.25) is 4.79 Å². The van der Waals surface area contributed by atoms with Gasteiger partial charge in [-0.15, -0.1) is 11.8 Å². The molecule has 5 heteroatoms. The highest BCUT2D eigenvalue weighted by Crippen LogP contribution is 2.60. The van der Waals surface area contributed by atoms with Crippen molar-refractivity contribution in [2.45, 2.75) is 43.3 Å². The molecular formula is C18H21BrFNOS. The van der Waals surface area contributed by atoms with Crippen molar-refractivity contribution in [2.24, 2.45) is 17.8 Å². The molecule has 0 heterocycles. The third-order valence-electron chi connectivity index (χ3n) is 5.70. The summed E-state index contributed by atoms with van der Waals surface area (Å²) in [5.41, 5.74) is 0.268. The minimum absolute atomic E-state index is 0.0908. The Morgan fingerprint density at radius 2 is 1.83 bits per heavy atom. The molecule has 2 nitrogen and oxygen atoms in total. The predicted octanol–water partition coefficient (Wildman–Crippen LogP) is 5.23. The van der Waals surface area contributed by atoms with Gasteiger partial charge in [-0.25, -0.2) is 4.39 Å². The van der Waals surface area contributed by atoms with Crippen LogP contribution in [0.4, 0.5) is 10.1 Å². The fourth-order valence-electron chi connectivity index (χ4n) is 5.20. The van der Waals surface area contributed by atoms with E-state index in [2.05, 4.69) is 21.2 Å². The number of thioether (sulfide) groups is 1. The normalized spacial score (nSPS) is 34.6. The lowest BCUT2D eigenvalue weighted by Gasteiger charge is -2.56. The quantitative estimate of drug-likeness (QED) is 0.753. The number of benzene rings is 1. The highest BCUT2D eigenvalue weighted by molar-refractivity contribution is 9.10. The zero-order chi connectivity index (χ0) is 16.0. The molecule has 1 N–H and O–H groups in total. The summed E-state index contributed by atoms with van der Waals surface area (Å²) in [4.78, 5) is 12.2. The number of carbonyl (C=O) groups excluding carboxylic acids is 1. The first-order valence-electron chi connectivity index (χ1n) is 8.40. The van der Waals surface area contributed by atoms with Gasteiger partial charge < -0.3 is 5.32 Å². The second-order valence-electron chi connectivity index (χ2n) is 7.56. The van der Waals surface area contributed by atoms with Crippen LogP contribution in [0.5, 0.6) is 0 Å². The molecule has 4 bridgehead atoms. The summed E-state index contributed by atoms with van der Waals surface area (Å²) in [6.07, 6.45) is 8.08. The Morgan fingerprint density at radius 3 is 2.39 bits per heavy atom. The van der Waals surface area contributed by atoms with Gasteiger partial charge in [0.15, 0.2) is 0 Å². The summed E-state index contributed by atoms with van der Waals surface area (Å²) < 4.78 is 14.8. The van der Waals surface area contributed by atoms with E-state index in [-0.39, 0.29) is 11.6 Å². The van der Waals surface area contributed by atoms with Crippen LogP contribution in [-0.2, 0) is 4.79 Å². The minimum Gasteiger partial charge on any atom is -0.323 e. The molecule has 0 radical (unpaired) electrons. The molecule has 4 aliphatic carbocycles. The Labute approximate surface area is 149 Å². The first kappa shape index (κ1) is 15.9. The lowest BCUT2D eigenvalue weighted by molar-refractivity contribution is -0.113. The highest BCUT2D eigenvalue weighted by Gasteiger charge is 2.51. The molecule has 5 rings (SSSR count). The van der Waals surface area contributed by atoms with Gasteiger partial charge in [0.25, 0.3) is 0 Å². The van der Waals surface area contributed by atoms with E-state index in [0.717, 1.165) is 17.8 Å². The highest BCUT2D eigenvalue weighted by atomic mass is 79.9. The largest absolute Gasteiger partial charge is 0.323 e. The molecule has 0 aliphatic heterocycles. The maximum atomic E-state index is 13.8. The Kier molecular flexibility index (Phi) is 4.21. The molecule has 0 spiro atoms. The van der Waals surface area contributed by atoms with E-state index in [0.29, 0.717) is 15.0 Å². The maximum Gasteiger partial charge on any atom is 0.234 e. The average Bonchev–Trinajstić information content (AvgIpc) is 2.47. The van der Waals surface area contributed by atoms with Crippen molar-refractivity contribution in [2.75, 3.05) is 11.1 Å². The Bertz CT molecular complexity index is 600. The lowest BCUT2D eigenvalue weighted by Crippen LogP contribution is -2.49. The Hall–Kier alpha value is -0.550. The average molecular weight is 398 g/mol. The second kappa shape index (κ2) is 6.07. The third kappa shape index (κ3) is 3.32. The van der Waals surface area contributed by atoms with Crippen LogP contribution in [0, 0.1) is 23.6 Å². The van der Waals surface area contributed by atoms with Gasteiger partial charge in [0, 0.05) is 9.22 Å². The molecule has 0 aromatic heterocycles. The van der Waals surface area contributed by atoms with Crippen LogP contribution in [-0.4, -0.2) is 16.4 Å². The van der Waals surface area contributed by atoms with Gasteiger partial charge in [0.2, 0.25) is 5.91 Å². The van der Waals surface area contributed by atoms with Crippen molar-refractivity contribution in [1.29, 1.82) is 0 Å². The number of carbonyl (C=O) groups is 1. The first-order chi connectivity index (χ1) is 11.0. The maximum absolute atomic E-state index is 13.8. The lowest BCUT2D eigenvalue weighted by atomic mass is 9.56. The smallest absolute Gasteiger partial charge is 0.234 e. The zero-order valence-electron chi connectivity index (χ0n) is 13.0. The summed E-state index contributed by atoms with van der Waals surface area (Å²) in [5, 5.41) is 2.71. The molecule has 1 aromatic rings. The fourth-order valence-corrected chi connectivity index (χ4v) is 7.11. The van der Waals surface area contributed by atoms with E-state index >= 15 is 0 Å². The first-order valence-corrected chi connectivity index (χ1v) is 10.2. The van der Waals surface area contributed by atoms with E-state index in [4.69, 9.17) is 0 Å². The SMILES string of the molecule is O=C(CSC12CC3CC(CC(C3)C1)C2)Nc1ccc(Br)cc1F. The topological polar surface area (TPSA) is 29.1 Å². The van der Waals surface area contributed by atoms with E-state index < -0.39 is 5.82 Å². The molecule has 23 heavy (non-hydrogen) atoms. The second-order valence-corrected chi connectivity index (χ2v) is 9.92. The van der Waals surface area contributed by atoms with Crippen molar-refractivity contribution in [3.63, 3.8) is 0 Å². The van der Waals surface area contributed by atoms with Crippen LogP contribution in [0.3, 0.4) is 0 Å². The number of nitrogens with one attached hydrogen (secondary N) is 1. The van der Waals surface area contributed by atoms with Crippen LogP contribution in [0.1, 0.15) is 38.5 Å². The summed E-state index contributed by atoms with van der Waals surface area (Å²) >= 11 is 5.05. The van der Waals surface area contributed by atoms with Gasteiger partial charge >= 0.3 is 0 Å². The van der Waals surface area contributed by atoms with Gasteiger partial charge in [-0.05, 0) is 74.5 Å². The molecule has 0 saturated heterocycles. The zero-order valence-corrected chi connectivity index (χ0v) is 15.4. The molecular weight excluding hydrogens is 377 g/mol. The standard InChI is InChI=1S/C18H21BrFNOS/c19-14-1-2-16(15(20)6-14)21-17(22)10-23-18-7-11-3-12(8-18)5-13(4-11)9-18/h1-2,6,11-13H,3-5,7-10H2,(H,21,22). The molecule has 4 saturated carbocycles. The van der Waals surface area contributed by atoms with Crippen LogP contribution in [0.25, 0.3) is 0 Å². The third-order valence-corrected chi connectivity index (χ3v) is 7.71. The van der Waals surface area contributed by atoms with Crippen molar-refractivity contribution >= 4 is 39.3 Å². The van der Waals surface area contributed by atoms with E-state index in [1.165, 1.54) is 44.6 Å². The van der Waals surface area contributed by atoms with Crippen LogP contribution in [0.15, 0.2) is 22.7 Å². The molecule has 0 unspecified atom stereocenters. The van der Waals surface area contributed by atoms with E-state index in [9.17, 15) is 9.18 Å². The monoisotopic (exact) mass is 397 g/mol. The molecule has 0 atom stereocenters. The van der Waals surface area contributed by atoms with E-state index in [1.54, 1.807) is 12.1 Å². The molecule has 4 fully saturated rings.